The number of fused-ring (bicyclic) bond motifs is 1. The van der Waals surface area contributed by atoms with E-state index in [0.29, 0.717) is 29.2 Å². The molecule has 4 rings (SSSR count). The van der Waals surface area contributed by atoms with Gasteiger partial charge in [-0.3, -0.25) is 14.5 Å². The van der Waals surface area contributed by atoms with Crippen LogP contribution < -0.4 is 4.74 Å². The average molecular weight is 478 g/mol. The molecule has 5 nitrogen and oxygen atoms in total. The van der Waals surface area contributed by atoms with Crippen molar-refractivity contribution < 1.29 is 23.8 Å². The summed E-state index contributed by atoms with van der Waals surface area (Å²) in [5, 5.41) is 10.0. The van der Waals surface area contributed by atoms with Gasteiger partial charge in [-0.25, -0.2) is 4.39 Å². The molecule has 0 saturated heterocycles. The van der Waals surface area contributed by atoms with E-state index >= 15 is 0 Å². The zero-order valence-electron chi connectivity index (χ0n) is 18.6. The highest BCUT2D eigenvalue weighted by Crippen LogP contribution is 2.30. The van der Waals surface area contributed by atoms with Gasteiger partial charge in [-0.2, -0.15) is 0 Å². The van der Waals surface area contributed by atoms with E-state index in [4.69, 9.17) is 9.84 Å². The molecule has 1 N–H and O–H groups in total. The van der Waals surface area contributed by atoms with Gasteiger partial charge in [0.2, 0.25) is 5.78 Å². The Labute approximate surface area is 201 Å². The van der Waals surface area contributed by atoms with Crippen LogP contribution in [0.1, 0.15) is 33.3 Å². The van der Waals surface area contributed by atoms with Crippen molar-refractivity contribution in [2.45, 2.75) is 12.5 Å². The third kappa shape index (κ3) is 5.87. The van der Waals surface area contributed by atoms with E-state index in [1.165, 1.54) is 23.5 Å². The third-order valence-corrected chi connectivity index (χ3v) is 6.56. The zero-order chi connectivity index (χ0) is 24.1. The molecule has 0 saturated carbocycles. The summed E-state index contributed by atoms with van der Waals surface area (Å²) >= 11 is 1.45. The van der Waals surface area contributed by atoms with Crippen LogP contribution in [0.15, 0.2) is 78.9 Å². The number of ketones is 1. The van der Waals surface area contributed by atoms with Crippen LogP contribution in [0.4, 0.5) is 4.39 Å². The number of carboxylic acid groups (broad SMARTS) is 1. The Morgan fingerprint density at radius 2 is 1.79 bits per heavy atom. The normalized spacial score (nSPS) is 12.1. The third-order valence-electron chi connectivity index (χ3n) is 5.44. The predicted octanol–water partition coefficient (Wildman–Crippen LogP) is 5.80. The summed E-state index contributed by atoms with van der Waals surface area (Å²) in [6, 6.07) is 22.8. The van der Waals surface area contributed by atoms with Gasteiger partial charge in [0.15, 0.2) is 0 Å². The van der Waals surface area contributed by atoms with E-state index < -0.39 is 12.1 Å². The van der Waals surface area contributed by atoms with Crippen molar-refractivity contribution in [3.05, 3.63) is 101 Å². The van der Waals surface area contributed by atoms with E-state index in [9.17, 15) is 14.0 Å². The molecule has 0 aliphatic rings. The summed E-state index contributed by atoms with van der Waals surface area (Å²) in [6.45, 7) is 0.379. The molecule has 4 aromatic rings. The molecule has 0 fully saturated rings. The van der Waals surface area contributed by atoms with Gasteiger partial charge in [-0.1, -0.05) is 42.5 Å². The van der Waals surface area contributed by atoms with Gasteiger partial charge in [0.25, 0.3) is 0 Å². The Hall–Kier alpha value is -3.55. The number of halogens is 1. The topological polar surface area (TPSA) is 66.8 Å². The first-order valence-corrected chi connectivity index (χ1v) is 11.7. The molecular weight excluding hydrogens is 453 g/mol. The van der Waals surface area contributed by atoms with Crippen LogP contribution in [-0.4, -0.2) is 41.9 Å². The lowest BCUT2D eigenvalue weighted by Crippen LogP contribution is -2.28. The maximum Gasteiger partial charge on any atom is 0.317 e. The number of nitrogens with zero attached hydrogens (tertiary/aromatic N) is 1. The van der Waals surface area contributed by atoms with Crippen LogP contribution >= 0.6 is 11.3 Å². The number of carbonyl (C=O) groups is 2. The molecule has 174 valence electrons. The highest BCUT2D eigenvalue weighted by atomic mass is 32.1. The summed E-state index contributed by atoms with van der Waals surface area (Å²) in [5.41, 5.74) is 1.29. The van der Waals surface area contributed by atoms with Crippen molar-refractivity contribution in [2.24, 2.45) is 0 Å². The number of benzene rings is 3. The highest BCUT2D eigenvalue weighted by Gasteiger charge is 2.18. The number of aliphatic carboxylic acids is 1. The molecule has 0 radical (unpaired) electrons. The van der Waals surface area contributed by atoms with Crippen LogP contribution in [-0.2, 0) is 4.79 Å². The summed E-state index contributed by atoms with van der Waals surface area (Å²) in [4.78, 5) is 26.5. The Morgan fingerprint density at radius 3 is 2.53 bits per heavy atom. The molecule has 0 aliphatic carbocycles. The minimum absolute atomic E-state index is 0.0776. The van der Waals surface area contributed by atoms with Gasteiger partial charge in [-0.05, 0) is 54.4 Å². The number of rotatable bonds is 10. The molecule has 7 heteroatoms. The van der Waals surface area contributed by atoms with Gasteiger partial charge in [0, 0.05) is 23.2 Å². The molecule has 0 amide bonds. The Bertz CT molecular complexity index is 1270. The van der Waals surface area contributed by atoms with Gasteiger partial charge in [0.1, 0.15) is 17.7 Å². The van der Waals surface area contributed by atoms with Gasteiger partial charge in [-0.15, -0.1) is 11.3 Å². The second-order valence-electron chi connectivity index (χ2n) is 8.08. The smallest absolute Gasteiger partial charge is 0.317 e. The van der Waals surface area contributed by atoms with Gasteiger partial charge < -0.3 is 9.84 Å². The molecule has 3 aromatic carbocycles. The molecule has 34 heavy (non-hydrogen) atoms. The standard InChI is InChI=1S/C27H24FNO4S/c1-29(17-26(30)31)14-13-23(18-9-11-21(28)12-10-18)33-22-7-4-6-20(15-22)27(32)25-16-19-5-2-3-8-24(19)34-25/h2-12,15-16,23H,13-14,17H2,1H3,(H,30,31). The molecule has 0 bridgehead atoms. The Morgan fingerprint density at radius 1 is 1.03 bits per heavy atom. The molecular formula is C27H24FNO4S. The maximum absolute atomic E-state index is 13.5. The predicted molar refractivity (Wildman–Crippen MR) is 131 cm³/mol. The minimum atomic E-state index is -0.908. The number of hydrogen-bond donors (Lipinski definition) is 1. The average Bonchev–Trinajstić information content (AvgIpc) is 3.26. The van der Waals surface area contributed by atoms with Crippen molar-refractivity contribution in [3.63, 3.8) is 0 Å². The summed E-state index contributed by atoms with van der Waals surface area (Å²) in [5.74, 6) is -0.816. The fraction of sp³-hybridized carbons (Fsp3) is 0.185. The van der Waals surface area contributed by atoms with E-state index in [0.717, 1.165) is 15.6 Å². The number of carbonyl (C=O) groups excluding carboxylic acids is 1. The molecule has 1 unspecified atom stereocenters. The Balaban J connectivity index is 1.54. The zero-order valence-corrected chi connectivity index (χ0v) is 19.4. The van der Waals surface area contributed by atoms with Gasteiger partial charge >= 0.3 is 5.97 Å². The second-order valence-corrected chi connectivity index (χ2v) is 9.17. The lowest BCUT2D eigenvalue weighted by molar-refractivity contribution is -0.138. The number of likely N-dealkylation sites (N-methyl/N-ethyl adjacent to an activating group) is 1. The van der Waals surface area contributed by atoms with Crippen molar-refractivity contribution in [3.8, 4) is 5.75 Å². The summed E-state index contributed by atoms with van der Waals surface area (Å²) in [6.07, 6.45) is 0.0516. The fourth-order valence-corrected chi connectivity index (χ4v) is 4.75. The Kier molecular flexibility index (Phi) is 7.35. The van der Waals surface area contributed by atoms with Crippen LogP contribution in [0, 0.1) is 5.82 Å². The van der Waals surface area contributed by atoms with E-state index in [1.54, 1.807) is 48.3 Å². The van der Waals surface area contributed by atoms with Crippen molar-refractivity contribution >= 4 is 33.2 Å². The lowest BCUT2D eigenvalue weighted by Gasteiger charge is -2.23. The van der Waals surface area contributed by atoms with Crippen molar-refractivity contribution in [1.82, 2.24) is 4.90 Å². The first kappa shape index (κ1) is 23.6. The summed E-state index contributed by atoms with van der Waals surface area (Å²) < 4.78 is 20.8. The quantitative estimate of drug-likeness (QED) is 0.293. The number of hydrogen-bond acceptors (Lipinski definition) is 5. The minimum Gasteiger partial charge on any atom is -0.486 e. The molecule has 1 atom stereocenters. The maximum atomic E-state index is 13.5. The molecule has 1 aromatic heterocycles. The van der Waals surface area contributed by atoms with E-state index in [1.807, 2.05) is 30.3 Å². The second kappa shape index (κ2) is 10.6. The lowest BCUT2D eigenvalue weighted by atomic mass is 10.1. The molecule has 0 spiro atoms. The van der Waals surface area contributed by atoms with E-state index in [-0.39, 0.29) is 18.1 Å². The number of ether oxygens (including phenoxy) is 1. The van der Waals surface area contributed by atoms with Crippen molar-refractivity contribution in [1.29, 1.82) is 0 Å². The highest BCUT2D eigenvalue weighted by molar-refractivity contribution is 7.21. The SMILES string of the molecule is CN(CCC(Oc1cccc(C(=O)c2cc3ccccc3s2)c1)c1ccc(F)cc1)CC(=O)O. The van der Waals surface area contributed by atoms with Crippen LogP contribution in [0.2, 0.25) is 0 Å². The molecule has 0 aliphatic heterocycles. The first-order chi connectivity index (χ1) is 16.4. The fourth-order valence-electron chi connectivity index (χ4n) is 3.73. The molecule has 1 heterocycles. The first-order valence-electron chi connectivity index (χ1n) is 10.8. The number of thiophene rings is 1. The van der Waals surface area contributed by atoms with Crippen LogP contribution in [0.5, 0.6) is 5.75 Å². The number of carboxylic acids is 1. The van der Waals surface area contributed by atoms with Crippen LogP contribution in [0.25, 0.3) is 10.1 Å². The van der Waals surface area contributed by atoms with E-state index in [2.05, 4.69) is 0 Å². The van der Waals surface area contributed by atoms with Crippen LogP contribution in [0.3, 0.4) is 0 Å². The largest absolute Gasteiger partial charge is 0.486 e. The van der Waals surface area contributed by atoms with Crippen molar-refractivity contribution in [2.75, 3.05) is 20.1 Å². The van der Waals surface area contributed by atoms with Gasteiger partial charge in [0.05, 0.1) is 11.4 Å². The monoisotopic (exact) mass is 477 g/mol. The summed E-state index contributed by atoms with van der Waals surface area (Å²) in [7, 11) is 1.72.